The highest BCUT2D eigenvalue weighted by atomic mass is 32.2. The molecule has 1 aliphatic heterocycles. The van der Waals surface area contributed by atoms with Gasteiger partial charge in [0.05, 0.1) is 10.6 Å². The highest BCUT2D eigenvalue weighted by Crippen LogP contribution is 2.33. The van der Waals surface area contributed by atoms with Crippen molar-refractivity contribution in [1.82, 2.24) is 5.32 Å². The first-order valence-electron chi connectivity index (χ1n) is 7.88. The van der Waals surface area contributed by atoms with Gasteiger partial charge in [0.15, 0.2) is 5.17 Å². The summed E-state index contributed by atoms with van der Waals surface area (Å²) in [6.07, 6.45) is 0. The standard InChI is InChI=1S/C19H17N3O3S/c1-11(13-3-9-16(24)10-4-13)17-18(25)22-19(26-17)21-15-7-5-14(6-8-15)20-12(2)23/h3-10,24H,1-2H3,(H,20,23)(H,21,22,25)/b17-11-. The number of nitrogens with zero attached hydrogens (tertiary/aromatic N) is 1. The number of carbonyl (C=O) groups is 2. The molecule has 1 saturated heterocycles. The van der Waals surface area contributed by atoms with Crippen LogP contribution in [0.15, 0.2) is 58.4 Å². The molecule has 0 spiro atoms. The molecule has 0 radical (unpaired) electrons. The quantitative estimate of drug-likeness (QED) is 0.723. The molecule has 1 aliphatic rings. The van der Waals surface area contributed by atoms with Gasteiger partial charge in [-0.15, -0.1) is 0 Å². The molecule has 26 heavy (non-hydrogen) atoms. The number of rotatable bonds is 3. The second kappa shape index (κ2) is 7.45. The number of hydrogen-bond donors (Lipinski definition) is 3. The van der Waals surface area contributed by atoms with E-state index in [0.29, 0.717) is 21.4 Å². The largest absolute Gasteiger partial charge is 0.508 e. The maximum atomic E-state index is 12.3. The van der Waals surface area contributed by atoms with E-state index in [0.717, 1.165) is 11.1 Å². The van der Waals surface area contributed by atoms with Crippen molar-refractivity contribution in [2.45, 2.75) is 13.8 Å². The molecular weight excluding hydrogens is 350 g/mol. The minimum atomic E-state index is -0.200. The summed E-state index contributed by atoms with van der Waals surface area (Å²) in [4.78, 5) is 28.3. The van der Waals surface area contributed by atoms with Gasteiger partial charge in [0.2, 0.25) is 5.91 Å². The van der Waals surface area contributed by atoms with Gasteiger partial charge in [0.1, 0.15) is 5.75 Å². The molecular formula is C19H17N3O3S. The summed E-state index contributed by atoms with van der Waals surface area (Å²) in [6, 6.07) is 13.7. The number of thioether (sulfide) groups is 1. The van der Waals surface area contributed by atoms with E-state index in [-0.39, 0.29) is 17.6 Å². The molecule has 0 unspecified atom stereocenters. The van der Waals surface area contributed by atoms with Gasteiger partial charge in [-0.1, -0.05) is 12.1 Å². The number of allylic oxidation sites excluding steroid dienone is 1. The SMILES string of the molecule is CC(=O)Nc1ccc(N=C2NC(=O)/C(=C(\C)c3ccc(O)cc3)S2)cc1. The predicted octanol–water partition coefficient (Wildman–Crippen LogP) is 3.63. The fourth-order valence-electron chi connectivity index (χ4n) is 2.40. The summed E-state index contributed by atoms with van der Waals surface area (Å²) in [5, 5.41) is 15.3. The van der Waals surface area contributed by atoms with E-state index in [4.69, 9.17) is 0 Å². The first-order valence-corrected chi connectivity index (χ1v) is 8.70. The second-order valence-corrected chi connectivity index (χ2v) is 6.70. The van der Waals surface area contributed by atoms with Gasteiger partial charge in [0.25, 0.3) is 5.91 Å². The third kappa shape index (κ3) is 4.12. The summed E-state index contributed by atoms with van der Waals surface area (Å²) < 4.78 is 0. The monoisotopic (exact) mass is 367 g/mol. The first-order chi connectivity index (χ1) is 12.4. The van der Waals surface area contributed by atoms with E-state index in [1.807, 2.05) is 6.92 Å². The van der Waals surface area contributed by atoms with Crippen LogP contribution in [0.2, 0.25) is 0 Å². The maximum absolute atomic E-state index is 12.3. The third-order valence-electron chi connectivity index (χ3n) is 3.68. The predicted molar refractivity (Wildman–Crippen MR) is 104 cm³/mol. The molecule has 3 N–H and O–H groups in total. The first kappa shape index (κ1) is 17.8. The van der Waals surface area contributed by atoms with Crippen LogP contribution < -0.4 is 10.6 Å². The average molecular weight is 367 g/mol. The summed E-state index contributed by atoms with van der Waals surface area (Å²) in [5.74, 6) is -0.156. The molecule has 0 saturated carbocycles. The Labute approximate surface area is 155 Å². The summed E-state index contributed by atoms with van der Waals surface area (Å²) >= 11 is 1.27. The normalized spacial score (nSPS) is 17.2. The second-order valence-electron chi connectivity index (χ2n) is 5.70. The number of amidine groups is 1. The van der Waals surface area contributed by atoms with E-state index in [2.05, 4.69) is 15.6 Å². The third-order valence-corrected chi connectivity index (χ3v) is 4.77. The molecule has 7 heteroatoms. The van der Waals surface area contributed by atoms with Gasteiger partial charge in [-0.2, -0.15) is 0 Å². The number of hydrogen-bond acceptors (Lipinski definition) is 5. The van der Waals surface area contributed by atoms with Crippen molar-refractivity contribution in [3.05, 3.63) is 59.0 Å². The minimum absolute atomic E-state index is 0.137. The average Bonchev–Trinajstić information content (AvgIpc) is 2.96. The fourth-order valence-corrected chi connectivity index (χ4v) is 3.31. The molecule has 1 fully saturated rings. The number of carbonyl (C=O) groups excluding carboxylic acids is 2. The van der Waals surface area contributed by atoms with Crippen molar-refractivity contribution < 1.29 is 14.7 Å². The fraction of sp³-hybridized carbons (Fsp3) is 0.105. The zero-order chi connectivity index (χ0) is 18.7. The number of benzene rings is 2. The lowest BCUT2D eigenvalue weighted by Gasteiger charge is -2.03. The lowest BCUT2D eigenvalue weighted by molar-refractivity contribution is -0.115. The van der Waals surface area contributed by atoms with Crippen molar-refractivity contribution >= 4 is 45.7 Å². The van der Waals surface area contributed by atoms with Gasteiger partial charge in [-0.25, -0.2) is 4.99 Å². The number of anilines is 1. The minimum Gasteiger partial charge on any atom is -0.508 e. The molecule has 0 bridgehead atoms. The summed E-state index contributed by atoms with van der Waals surface area (Å²) in [7, 11) is 0. The van der Waals surface area contributed by atoms with Crippen LogP contribution in [-0.2, 0) is 9.59 Å². The molecule has 0 aliphatic carbocycles. The molecule has 132 valence electrons. The topological polar surface area (TPSA) is 90.8 Å². The molecule has 2 amide bonds. The summed E-state index contributed by atoms with van der Waals surface area (Å²) in [5.41, 5.74) is 3.04. The molecule has 2 aromatic carbocycles. The molecule has 0 atom stereocenters. The lowest BCUT2D eigenvalue weighted by Crippen LogP contribution is -2.19. The maximum Gasteiger partial charge on any atom is 0.264 e. The molecule has 6 nitrogen and oxygen atoms in total. The van der Waals surface area contributed by atoms with Gasteiger partial charge in [-0.05, 0) is 66.2 Å². The van der Waals surface area contributed by atoms with Crippen LogP contribution in [0.3, 0.4) is 0 Å². The van der Waals surface area contributed by atoms with Crippen molar-refractivity contribution in [2.75, 3.05) is 5.32 Å². The molecule has 2 aromatic rings. The Morgan fingerprint density at radius 3 is 2.35 bits per heavy atom. The van der Waals surface area contributed by atoms with Gasteiger partial charge in [0, 0.05) is 12.6 Å². The molecule has 0 aromatic heterocycles. The van der Waals surface area contributed by atoms with Crippen molar-refractivity contribution in [1.29, 1.82) is 0 Å². The van der Waals surface area contributed by atoms with E-state index in [9.17, 15) is 14.7 Å². The number of phenolic OH excluding ortho intramolecular Hbond substituents is 1. The Morgan fingerprint density at radius 2 is 1.73 bits per heavy atom. The Hall–Kier alpha value is -3.06. The van der Waals surface area contributed by atoms with Crippen molar-refractivity contribution in [3.8, 4) is 5.75 Å². The number of aromatic hydroxyl groups is 1. The van der Waals surface area contributed by atoms with Crippen LogP contribution in [0.4, 0.5) is 11.4 Å². The van der Waals surface area contributed by atoms with Crippen molar-refractivity contribution in [3.63, 3.8) is 0 Å². The number of phenols is 1. The van der Waals surface area contributed by atoms with E-state index < -0.39 is 0 Å². The van der Waals surface area contributed by atoms with Crippen molar-refractivity contribution in [2.24, 2.45) is 4.99 Å². The number of aliphatic imine (C=N–C) groups is 1. The van der Waals surface area contributed by atoms with Crippen LogP contribution in [0, 0.1) is 0 Å². The smallest absolute Gasteiger partial charge is 0.264 e. The van der Waals surface area contributed by atoms with Gasteiger partial charge >= 0.3 is 0 Å². The highest BCUT2D eigenvalue weighted by Gasteiger charge is 2.26. The number of nitrogens with one attached hydrogen (secondary N) is 2. The molecule has 1 heterocycles. The van der Waals surface area contributed by atoms with Crippen LogP contribution in [-0.4, -0.2) is 22.1 Å². The zero-order valence-corrected chi connectivity index (χ0v) is 15.1. The Bertz CT molecular complexity index is 916. The van der Waals surface area contributed by atoms with Crippen LogP contribution in [0.1, 0.15) is 19.4 Å². The Morgan fingerprint density at radius 1 is 1.08 bits per heavy atom. The summed E-state index contributed by atoms with van der Waals surface area (Å²) in [6.45, 7) is 3.31. The van der Waals surface area contributed by atoms with Crippen LogP contribution in [0.5, 0.6) is 5.75 Å². The lowest BCUT2D eigenvalue weighted by atomic mass is 10.1. The van der Waals surface area contributed by atoms with E-state index >= 15 is 0 Å². The van der Waals surface area contributed by atoms with Gasteiger partial charge in [-0.3, -0.25) is 9.59 Å². The number of amides is 2. The van der Waals surface area contributed by atoms with E-state index in [1.165, 1.54) is 18.7 Å². The van der Waals surface area contributed by atoms with Crippen LogP contribution >= 0.6 is 11.8 Å². The Balaban J connectivity index is 1.80. The Kier molecular flexibility index (Phi) is 5.09. The highest BCUT2D eigenvalue weighted by molar-refractivity contribution is 8.18. The van der Waals surface area contributed by atoms with Crippen LogP contribution in [0.25, 0.3) is 5.57 Å². The van der Waals surface area contributed by atoms with E-state index in [1.54, 1.807) is 48.5 Å². The van der Waals surface area contributed by atoms with Gasteiger partial charge < -0.3 is 15.7 Å². The molecule has 3 rings (SSSR count). The zero-order valence-electron chi connectivity index (χ0n) is 14.2.